The average Bonchev–Trinajstić information content (AvgIpc) is 3.07. The summed E-state index contributed by atoms with van der Waals surface area (Å²) >= 11 is 1.54. The second-order valence-corrected chi connectivity index (χ2v) is 7.99. The lowest BCUT2D eigenvalue weighted by atomic mass is 10.0. The fourth-order valence-electron chi connectivity index (χ4n) is 2.64. The Hall–Kier alpha value is -1.60. The van der Waals surface area contributed by atoms with E-state index >= 15 is 0 Å². The van der Waals surface area contributed by atoms with Crippen LogP contribution in [0.3, 0.4) is 0 Å². The van der Waals surface area contributed by atoms with Crippen LogP contribution in [0.4, 0.5) is 0 Å². The van der Waals surface area contributed by atoms with Crippen molar-refractivity contribution in [2.24, 2.45) is 5.10 Å². The van der Waals surface area contributed by atoms with Crippen LogP contribution in [0.1, 0.15) is 34.2 Å². The van der Waals surface area contributed by atoms with Gasteiger partial charge < -0.3 is 4.42 Å². The van der Waals surface area contributed by atoms with E-state index in [1.807, 2.05) is 31.4 Å². The quantitative estimate of drug-likeness (QED) is 0.871. The standard InChI is InChI=1S/C14H16N2O3S2/c1-9-8-19-10(2)14(9)11-7-12(13-5-4-6-20-13)16(15-11)21(3,17)18/h4-6,8,12H,7H2,1-3H3/t12-/m1/s1. The molecule has 0 aromatic carbocycles. The highest BCUT2D eigenvalue weighted by atomic mass is 32.2. The largest absolute Gasteiger partial charge is 0.469 e. The minimum absolute atomic E-state index is 0.260. The molecule has 2 aromatic heterocycles. The summed E-state index contributed by atoms with van der Waals surface area (Å²) in [5.41, 5.74) is 2.66. The van der Waals surface area contributed by atoms with Crippen molar-refractivity contribution in [3.05, 3.63) is 45.5 Å². The first-order chi connectivity index (χ1) is 9.88. The Morgan fingerprint density at radius 2 is 2.19 bits per heavy atom. The van der Waals surface area contributed by atoms with Gasteiger partial charge in [0.1, 0.15) is 11.8 Å². The molecule has 112 valence electrons. The molecule has 0 fully saturated rings. The number of furan rings is 1. The first-order valence-corrected chi connectivity index (χ1v) is 9.26. The summed E-state index contributed by atoms with van der Waals surface area (Å²) in [6.45, 7) is 3.81. The van der Waals surface area contributed by atoms with Crippen LogP contribution in [-0.4, -0.2) is 24.8 Å². The summed E-state index contributed by atoms with van der Waals surface area (Å²) in [7, 11) is -3.41. The van der Waals surface area contributed by atoms with E-state index in [0.717, 1.165) is 27.5 Å². The van der Waals surface area contributed by atoms with Gasteiger partial charge in [-0.3, -0.25) is 0 Å². The van der Waals surface area contributed by atoms with Crippen molar-refractivity contribution in [2.75, 3.05) is 6.26 Å². The molecule has 0 saturated carbocycles. The third-order valence-corrected chi connectivity index (χ3v) is 5.52. The topological polar surface area (TPSA) is 62.9 Å². The van der Waals surface area contributed by atoms with E-state index in [9.17, 15) is 8.42 Å². The number of hydrogen-bond acceptors (Lipinski definition) is 5. The lowest BCUT2D eigenvalue weighted by Gasteiger charge is -2.19. The lowest BCUT2D eigenvalue weighted by molar-refractivity contribution is 0.379. The van der Waals surface area contributed by atoms with Crippen LogP contribution < -0.4 is 0 Å². The highest BCUT2D eigenvalue weighted by Crippen LogP contribution is 2.37. The summed E-state index contributed by atoms with van der Waals surface area (Å²) < 4.78 is 30.7. The average molecular weight is 324 g/mol. The molecule has 1 aliphatic heterocycles. The predicted octanol–water partition coefficient (Wildman–Crippen LogP) is 3.07. The summed E-state index contributed by atoms with van der Waals surface area (Å²) in [5.74, 6) is 0.770. The van der Waals surface area contributed by atoms with Crippen molar-refractivity contribution in [1.29, 1.82) is 0 Å². The van der Waals surface area contributed by atoms with Gasteiger partial charge in [-0.1, -0.05) is 6.07 Å². The number of rotatable bonds is 3. The normalized spacial score (nSPS) is 19.1. The zero-order valence-corrected chi connectivity index (χ0v) is 13.7. The van der Waals surface area contributed by atoms with Gasteiger partial charge in [0, 0.05) is 16.9 Å². The fourth-order valence-corrected chi connectivity index (χ4v) is 4.42. The first kappa shape index (κ1) is 14.3. The highest BCUT2D eigenvalue weighted by Gasteiger charge is 2.36. The minimum atomic E-state index is -3.41. The Labute approximate surface area is 127 Å². The van der Waals surface area contributed by atoms with Gasteiger partial charge in [0.2, 0.25) is 10.0 Å². The van der Waals surface area contributed by atoms with E-state index in [0.29, 0.717) is 6.42 Å². The summed E-state index contributed by atoms with van der Waals surface area (Å²) in [6, 6.07) is 3.61. The van der Waals surface area contributed by atoms with Crippen molar-refractivity contribution in [3.63, 3.8) is 0 Å². The van der Waals surface area contributed by atoms with Crippen LogP contribution in [-0.2, 0) is 10.0 Å². The molecular weight excluding hydrogens is 308 g/mol. The number of hydrazone groups is 1. The summed E-state index contributed by atoms with van der Waals surface area (Å²) in [5, 5.41) is 6.32. The van der Waals surface area contributed by atoms with Crippen molar-refractivity contribution < 1.29 is 12.8 Å². The molecule has 0 unspecified atom stereocenters. The number of sulfonamides is 1. The molecule has 1 atom stereocenters. The van der Waals surface area contributed by atoms with E-state index in [1.54, 1.807) is 17.6 Å². The van der Waals surface area contributed by atoms with Crippen LogP contribution in [0.5, 0.6) is 0 Å². The summed E-state index contributed by atoms with van der Waals surface area (Å²) in [4.78, 5) is 0.998. The van der Waals surface area contributed by atoms with E-state index in [1.165, 1.54) is 10.7 Å². The van der Waals surface area contributed by atoms with Gasteiger partial charge in [0.05, 0.1) is 18.2 Å². The SMILES string of the molecule is Cc1coc(C)c1C1=NN(S(C)(=O)=O)[C@@H](c2cccs2)C1. The Morgan fingerprint density at radius 1 is 1.43 bits per heavy atom. The van der Waals surface area contributed by atoms with Gasteiger partial charge in [-0.25, -0.2) is 8.42 Å². The van der Waals surface area contributed by atoms with E-state index in [-0.39, 0.29) is 6.04 Å². The molecule has 0 saturated heterocycles. The van der Waals surface area contributed by atoms with Gasteiger partial charge in [0.15, 0.2) is 0 Å². The van der Waals surface area contributed by atoms with Crippen LogP contribution in [0, 0.1) is 13.8 Å². The van der Waals surface area contributed by atoms with E-state index in [4.69, 9.17) is 4.42 Å². The number of nitrogens with zero attached hydrogens (tertiary/aromatic N) is 2. The molecule has 7 heteroatoms. The molecule has 0 spiro atoms. The molecule has 1 aliphatic rings. The van der Waals surface area contributed by atoms with Crippen LogP contribution in [0.2, 0.25) is 0 Å². The molecule has 3 rings (SSSR count). The Morgan fingerprint density at radius 3 is 2.71 bits per heavy atom. The van der Waals surface area contributed by atoms with Gasteiger partial charge in [0.25, 0.3) is 0 Å². The molecule has 0 aliphatic carbocycles. The van der Waals surface area contributed by atoms with Crippen LogP contribution in [0.25, 0.3) is 0 Å². The summed E-state index contributed by atoms with van der Waals surface area (Å²) in [6.07, 6.45) is 3.43. The lowest BCUT2D eigenvalue weighted by Crippen LogP contribution is -2.25. The molecule has 5 nitrogen and oxygen atoms in total. The maximum absolute atomic E-state index is 12.0. The Balaban J connectivity index is 2.06. The molecule has 0 N–H and O–H groups in total. The third-order valence-electron chi connectivity index (χ3n) is 3.53. The minimum Gasteiger partial charge on any atom is -0.469 e. The van der Waals surface area contributed by atoms with Crippen LogP contribution >= 0.6 is 11.3 Å². The number of aryl methyl sites for hydroxylation is 2. The number of hydrogen-bond donors (Lipinski definition) is 0. The zero-order valence-electron chi connectivity index (χ0n) is 12.0. The van der Waals surface area contributed by atoms with E-state index < -0.39 is 10.0 Å². The van der Waals surface area contributed by atoms with E-state index in [2.05, 4.69) is 5.10 Å². The Bertz CT molecular complexity index is 769. The fraction of sp³-hybridized carbons (Fsp3) is 0.357. The van der Waals surface area contributed by atoms with Gasteiger partial charge in [-0.15, -0.1) is 11.3 Å². The molecule has 3 heterocycles. The smallest absolute Gasteiger partial charge is 0.247 e. The van der Waals surface area contributed by atoms with Crippen molar-refractivity contribution in [2.45, 2.75) is 26.3 Å². The molecule has 2 aromatic rings. The number of thiophene rings is 1. The molecule has 0 amide bonds. The van der Waals surface area contributed by atoms with Crippen molar-refractivity contribution >= 4 is 27.1 Å². The first-order valence-electron chi connectivity index (χ1n) is 6.53. The molecular formula is C14H16N2O3S2. The van der Waals surface area contributed by atoms with Gasteiger partial charge in [-0.05, 0) is 30.9 Å². The maximum atomic E-state index is 12.0. The van der Waals surface area contributed by atoms with Gasteiger partial charge in [-0.2, -0.15) is 9.52 Å². The molecule has 0 bridgehead atoms. The second-order valence-electron chi connectivity index (χ2n) is 5.17. The zero-order chi connectivity index (χ0) is 15.2. The van der Waals surface area contributed by atoms with Crippen molar-refractivity contribution in [1.82, 2.24) is 4.41 Å². The highest BCUT2D eigenvalue weighted by molar-refractivity contribution is 7.88. The van der Waals surface area contributed by atoms with Crippen molar-refractivity contribution in [3.8, 4) is 0 Å². The predicted molar refractivity (Wildman–Crippen MR) is 83.1 cm³/mol. The van der Waals surface area contributed by atoms with Gasteiger partial charge >= 0.3 is 0 Å². The second kappa shape index (κ2) is 4.99. The molecule has 21 heavy (non-hydrogen) atoms. The van der Waals surface area contributed by atoms with Crippen LogP contribution in [0.15, 0.2) is 33.3 Å². The monoisotopic (exact) mass is 324 g/mol. The molecule has 0 radical (unpaired) electrons. The maximum Gasteiger partial charge on any atom is 0.247 e. The Kier molecular flexibility index (Phi) is 3.41. The third kappa shape index (κ3) is 2.51.